The molecule has 0 spiro atoms. The lowest BCUT2D eigenvalue weighted by atomic mass is 10.1. The van der Waals surface area contributed by atoms with Crippen LogP contribution in [0.15, 0.2) is 77.7 Å². The number of hydrogen-bond donors (Lipinski definition) is 1. The summed E-state index contributed by atoms with van der Waals surface area (Å²) < 4.78 is 44.8. The van der Waals surface area contributed by atoms with Crippen molar-refractivity contribution in [3.8, 4) is 0 Å². The second-order valence-electron chi connectivity index (χ2n) is 6.56. The summed E-state index contributed by atoms with van der Waals surface area (Å²) in [6, 6.07) is 19.2. The molecule has 4 rings (SSSR count). The van der Waals surface area contributed by atoms with Crippen LogP contribution in [0, 0.1) is 5.82 Å². The lowest BCUT2D eigenvalue weighted by molar-refractivity contribution is 0.545. The van der Waals surface area contributed by atoms with Crippen molar-refractivity contribution in [3.05, 3.63) is 95.0 Å². The molecule has 1 atom stereocenters. The van der Waals surface area contributed by atoms with Gasteiger partial charge in [-0.05, 0) is 35.9 Å². The number of halogens is 2. The Labute approximate surface area is 172 Å². The lowest BCUT2D eigenvalue weighted by Gasteiger charge is -2.19. The number of fused-ring (bicyclic) bond motifs is 1. The molecule has 0 saturated carbocycles. The Morgan fingerprint density at radius 3 is 2.41 bits per heavy atom. The van der Waals surface area contributed by atoms with E-state index in [0.29, 0.717) is 11.4 Å². The molecule has 0 saturated heterocycles. The van der Waals surface area contributed by atoms with Crippen LogP contribution in [0.3, 0.4) is 0 Å². The van der Waals surface area contributed by atoms with Crippen LogP contribution < -0.4 is 4.72 Å². The number of sulfonamides is 1. The molecule has 1 heterocycles. The molecule has 0 fully saturated rings. The molecule has 4 aromatic rings. The molecule has 8 heteroatoms. The number of hydrogen-bond acceptors (Lipinski definition) is 3. The zero-order valence-corrected chi connectivity index (χ0v) is 17.0. The third-order valence-corrected chi connectivity index (χ3v) is 6.36. The van der Waals surface area contributed by atoms with Gasteiger partial charge < -0.3 is 4.57 Å². The van der Waals surface area contributed by atoms with Crippen LogP contribution in [0.25, 0.3) is 11.0 Å². The van der Waals surface area contributed by atoms with Gasteiger partial charge >= 0.3 is 0 Å². The smallest absolute Gasteiger partial charge is 0.244 e. The van der Waals surface area contributed by atoms with Gasteiger partial charge in [0, 0.05) is 12.1 Å². The first-order valence-corrected chi connectivity index (χ1v) is 10.7. The van der Waals surface area contributed by atoms with Crippen molar-refractivity contribution >= 4 is 32.7 Å². The van der Waals surface area contributed by atoms with E-state index in [2.05, 4.69) is 9.71 Å². The summed E-state index contributed by atoms with van der Waals surface area (Å²) in [6.45, 7) is 0. The third-order valence-electron chi connectivity index (χ3n) is 4.67. The number of nitrogens with zero attached hydrogens (tertiary/aromatic N) is 2. The largest absolute Gasteiger partial charge is 0.329 e. The molecule has 1 aromatic heterocycles. The highest BCUT2D eigenvalue weighted by Crippen LogP contribution is 2.28. The van der Waals surface area contributed by atoms with E-state index in [9.17, 15) is 12.8 Å². The maximum Gasteiger partial charge on any atom is 0.244 e. The molecular weight excluding hydrogens is 413 g/mol. The number of imidazole rings is 1. The first-order chi connectivity index (χ1) is 13.9. The maximum absolute atomic E-state index is 14.3. The molecule has 0 aliphatic carbocycles. The zero-order valence-electron chi connectivity index (χ0n) is 15.4. The predicted octanol–water partition coefficient (Wildman–Crippen LogP) is 4.43. The minimum atomic E-state index is -4.19. The minimum absolute atomic E-state index is 0.122. The van der Waals surface area contributed by atoms with E-state index in [1.54, 1.807) is 12.1 Å². The van der Waals surface area contributed by atoms with Crippen LogP contribution in [-0.2, 0) is 17.1 Å². The van der Waals surface area contributed by atoms with Gasteiger partial charge in [0.1, 0.15) is 22.6 Å². The molecule has 0 bridgehead atoms. The van der Waals surface area contributed by atoms with Crippen molar-refractivity contribution in [3.63, 3.8) is 0 Å². The van der Waals surface area contributed by atoms with Crippen LogP contribution >= 0.6 is 11.6 Å². The van der Waals surface area contributed by atoms with Gasteiger partial charge in [0.25, 0.3) is 0 Å². The Morgan fingerprint density at radius 1 is 1.03 bits per heavy atom. The molecular formula is C21H17ClFN3O2S. The lowest BCUT2D eigenvalue weighted by Crippen LogP contribution is -2.31. The van der Waals surface area contributed by atoms with E-state index >= 15 is 0 Å². The van der Waals surface area contributed by atoms with Crippen molar-refractivity contribution in [1.82, 2.24) is 14.3 Å². The normalized spacial score (nSPS) is 12.9. The second kappa shape index (κ2) is 7.59. The van der Waals surface area contributed by atoms with Gasteiger partial charge in [0.2, 0.25) is 10.0 Å². The molecule has 29 heavy (non-hydrogen) atoms. The Morgan fingerprint density at radius 2 is 1.72 bits per heavy atom. The quantitative estimate of drug-likeness (QED) is 0.510. The van der Waals surface area contributed by atoms with E-state index < -0.39 is 26.8 Å². The summed E-state index contributed by atoms with van der Waals surface area (Å²) >= 11 is 5.76. The van der Waals surface area contributed by atoms with E-state index in [4.69, 9.17) is 11.6 Å². The SMILES string of the molecule is Cn1c([C@@H](NS(=O)(=O)c2ccc(Cl)cc2F)c2ccccc2)nc2ccccc21. The predicted molar refractivity (Wildman–Crippen MR) is 111 cm³/mol. The fourth-order valence-electron chi connectivity index (χ4n) is 3.25. The highest BCUT2D eigenvalue weighted by Gasteiger charge is 2.28. The highest BCUT2D eigenvalue weighted by atomic mass is 35.5. The summed E-state index contributed by atoms with van der Waals surface area (Å²) in [5.41, 5.74) is 2.28. The van der Waals surface area contributed by atoms with Crippen molar-refractivity contribution in [2.24, 2.45) is 7.05 Å². The fourth-order valence-corrected chi connectivity index (χ4v) is 4.65. The van der Waals surface area contributed by atoms with Crippen LogP contribution in [0.4, 0.5) is 4.39 Å². The van der Waals surface area contributed by atoms with Crippen LogP contribution in [0.2, 0.25) is 5.02 Å². The van der Waals surface area contributed by atoms with Crippen molar-refractivity contribution in [2.45, 2.75) is 10.9 Å². The summed E-state index contributed by atoms with van der Waals surface area (Å²) in [5, 5.41) is 0.122. The molecule has 0 radical (unpaired) electrons. The van der Waals surface area contributed by atoms with Crippen LogP contribution in [0.5, 0.6) is 0 Å². The van der Waals surface area contributed by atoms with E-state index in [1.807, 2.05) is 54.1 Å². The number of nitrogens with one attached hydrogen (secondary N) is 1. The topological polar surface area (TPSA) is 64.0 Å². The molecule has 1 N–H and O–H groups in total. The fraction of sp³-hybridized carbons (Fsp3) is 0.0952. The van der Waals surface area contributed by atoms with E-state index in [0.717, 1.165) is 23.2 Å². The minimum Gasteiger partial charge on any atom is -0.329 e. The molecule has 0 aliphatic rings. The van der Waals surface area contributed by atoms with Gasteiger partial charge in [-0.1, -0.05) is 54.1 Å². The zero-order chi connectivity index (χ0) is 20.6. The average Bonchev–Trinajstić information content (AvgIpc) is 3.03. The standard InChI is InChI=1S/C21H17ClFN3O2S/c1-26-18-10-6-5-9-17(18)24-21(26)20(14-7-3-2-4-8-14)25-29(27,28)19-12-11-15(22)13-16(19)23/h2-13,20,25H,1H3/t20-/m0/s1. The first-order valence-electron chi connectivity index (χ1n) is 8.80. The molecule has 0 unspecified atom stereocenters. The maximum atomic E-state index is 14.3. The Kier molecular flexibility index (Phi) is 5.12. The van der Waals surface area contributed by atoms with E-state index in [-0.39, 0.29) is 5.02 Å². The Hall–Kier alpha value is -2.74. The van der Waals surface area contributed by atoms with Gasteiger partial charge in [-0.25, -0.2) is 17.8 Å². The summed E-state index contributed by atoms with van der Waals surface area (Å²) in [5.74, 6) is -0.419. The molecule has 0 aliphatic heterocycles. The third kappa shape index (κ3) is 3.76. The number of benzene rings is 3. The first kappa shape index (κ1) is 19.6. The highest BCUT2D eigenvalue weighted by molar-refractivity contribution is 7.89. The van der Waals surface area contributed by atoms with Crippen molar-refractivity contribution < 1.29 is 12.8 Å². The van der Waals surface area contributed by atoms with Crippen LogP contribution in [0.1, 0.15) is 17.4 Å². The number of para-hydroxylation sites is 2. The van der Waals surface area contributed by atoms with Crippen molar-refractivity contribution in [2.75, 3.05) is 0 Å². The number of rotatable bonds is 5. The Balaban J connectivity index is 1.84. The number of aromatic nitrogens is 2. The van der Waals surface area contributed by atoms with Crippen molar-refractivity contribution in [1.29, 1.82) is 0 Å². The Bertz CT molecular complexity index is 1290. The monoisotopic (exact) mass is 429 g/mol. The van der Waals surface area contributed by atoms with E-state index in [1.165, 1.54) is 6.07 Å². The van der Waals surface area contributed by atoms with Gasteiger partial charge in [0.15, 0.2) is 0 Å². The van der Waals surface area contributed by atoms with Gasteiger partial charge in [0.05, 0.1) is 11.0 Å². The molecule has 148 valence electrons. The second-order valence-corrected chi connectivity index (χ2v) is 8.68. The molecule has 5 nitrogen and oxygen atoms in total. The van der Waals surface area contributed by atoms with Gasteiger partial charge in [-0.15, -0.1) is 0 Å². The molecule has 0 amide bonds. The summed E-state index contributed by atoms with van der Waals surface area (Å²) in [7, 11) is -2.38. The van der Waals surface area contributed by atoms with Gasteiger partial charge in [-0.2, -0.15) is 4.72 Å². The van der Waals surface area contributed by atoms with Crippen LogP contribution in [-0.4, -0.2) is 18.0 Å². The summed E-state index contributed by atoms with van der Waals surface area (Å²) in [6.07, 6.45) is 0. The summed E-state index contributed by atoms with van der Waals surface area (Å²) in [4.78, 5) is 4.15. The molecule has 3 aromatic carbocycles. The average molecular weight is 430 g/mol. The number of aryl methyl sites for hydroxylation is 1. The van der Waals surface area contributed by atoms with Gasteiger partial charge in [-0.3, -0.25) is 0 Å².